The predicted molar refractivity (Wildman–Crippen MR) is 55.0 cm³/mol. The topological polar surface area (TPSA) is 23.5 Å². The van der Waals surface area contributed by atoms with Crippen LogP contribution in [-0.4, -0.2) is 43.4 Å². The van der Waals surface area contributed by atoms with Gasteiger partial charge in [-0.15, -0.1) is 0 Å². The molecule has 1 fully saturated rings. The van der Waals surface area contributed by atoms with Gasteiger partial charge in [0.25, 0.3) is 0 Å². The van der Waals surface area contributed by atoms with Gasteiger partial charge in [-0.1, -0.05) is 19.6 Å². The Morgan fingerprint density at radius 2 is 2.08 bits per heavy atom. The van der Waals surface area contributed by atoms with Gasteiger partial charge in [-0.2, -0.15) is 0 Å². The van der Waals surface area contributed by atoms with E-state index in [1.165, 1.54) is 19.1 Å². The zero-order valence-corrected chi connectivity index (χ0v) is 9.51. The van der Waals surface area contributed by atoms with Crippen molar-refractivity contribution >= 4 is 8.07 Å². The second-order valence-electron chi connectivity index (χ2n) is 5.09. The number of nitrogens with zero attached hydrogens (tertiary/aromatic N) is 1. The molecule has 0 spiro atoms. The van der Waals surface area contributed by atoms with Crippen LogP contribution < -0.4 is 0 Å². The molecule has 2 nitrogen and oxygen atoms in total. The molecule has 1 atom stereocenters. The van der Waals surface area contributed by atoms with Crippen LogP contribution in [0.25, 0.3) is 0 Å². The highest BCUT2D eigenvalue weighted by molar-refractivity contribution is 6.76. The monoisotopic (exact) mass is 187 g/mol. The van der Waals surface area contributed by atoms with Crippen molar-refractivity contribution in [3.63, 3.8) is 0 Å². The number of β-amino-alcohol motifs (C(OH)–C–C–N with tert-alkyl or cyclic N) is 1. The third-order valence-electron chi connectivity index (χ3n) is 2.18. The van der Waals surface area contributed by atoms with Gasteiger partial charge in [0.15, 0.2) is 0 Å². The second kappa shape index (κ2) is 3.90. The lowest BCUT2D eigenvalue weighted by molar-refractivity contribution is 0.0794. The number of hydrogen-bond acceptors (Lipinski definition) is 2. The van der Waals surface area contributed by atoms with Crippen molar-refractivity contribution < 1.29 is 5.11 Å². The maximum atomic E-state index is 9.45. The standard InChI is InChI=1S/C9H21NOSi/c1-12(2,3)8-10-6-4-5-9(11)7-10/h9,11H,4-8H2,1-3H3/t9-/m0/s1. The Morgan fingerprint density at radius 1 is 1.42 bits per heavy atom. The Labute approximate surface area is 76.6 Å². The van der Waals surface area contributed by atoms with E-state index in [1.54, 1.807) is 0 Å². The summed E-state index contributed by atoms with van der Waals surface area (Å²) in [4.78, 5) is 2.43. The van der Waals surface area contributed by atoms with E-state index in [9.17, 15) is 5.11 Å². The van der Waals surface area contributed by atoms with E-state index in [-0.39, 0.29) is 6.10 Å². The van der Waals surface area contributed by atoms with Crippen molar-refractivity contribution in [3.05, 3.63) is 0 Å². The van der Waals surface area contributed by atoms with E-state index in [2.05, 4.69) is 24.5 Å². The largest absolute Gasteiger partial charge is 0.392 e. The van der Waals surface area contributed by atoms with Crippen molar-refractivity contribution in [1.29, 1.82) is 0 Å². The molecule has 1 aliphatic heterocycles. The van der Waals surface area contributed by atoms with Gasteiger partial charge in [0.1, 0.15) is 0 Å². The molecular formula is C9H21NOSi. The lowest BCUT2D eigenvalue weighted by atomic mass is 10.1. The summed E-state index contributed by atoms with van der Waals surface area (Å²) in [5.41, 5.74) is 0. The van der Waals surface area contributed by atoms with Gasteiger partial charge in [-0.3, -0.25) is 0 Å². The number of aliphatic hydroxyl groups is 1. The molecule has 1 heterocycles. The maximum absolute atomic E-state index is 9.45. The van der Waals surface area contributed by atoms with Crippen LogP contribution in [0.2, 0.25) is 19.6 Å². The molecular weight excluding hydrogens is 166 g/mol. The fourth-order valence-corrected chi connectivity index (χ4v) is 3.47. The molecule has 1 saturated heterocycles. The first-order chi connectivity index (χ1) is 5.47. The summed E-state index contributed by atoms with van der Waals surface area (Å²) < 4.78 is 0. The summed E-state index contributed by atoms with van der Waals surface area (Å²) in [6, 6.07) is 0. The third-order valence-corrected chi connectivity index (χ3v) is 3.57. The first kappa shape index (κ1) is 10.2. The lowest BCUT2D eigenvalue weighted by Gasteiger charge is -2.34. The average molecular weight is 187 g/mol. The zero-order valence-electron chi connectivity index (χ0n) is 8.51. The van der Waals surface area contributed by atoms with E-state index in [0.717, 1.165) is 13.0 Å². The van der Waals surface area contributed by atoms with Crippen molar-refractivity contribution in [3.8, 4) is 0 Å². The number of likely N-dealkylation sites (tertiary alicyclic amines) is 1. The SMILES string of the molecule is C[Si](C)(C)CN1CCC[C@H](O)C1. The molecule has 0 saturated carbocycles. The molecule has 3 heteroatoms. The Kier molecular flexibility index (Phi) is 3.32. The van der Waals surface area contributed by atoms with Gasteiger partial charge in [0, 0.05) is 6.54 Å². The quantitative estimate of drug-likeness (QED) is 0.659. The molecule has 0 unspecified atom stereocenters. The normalized spacial score (nSPS) is 27.5. The van der Waals surface area contributed by atoms with Crippen molar-refractivity contribution in [2.75, 3.05) is 19.3 Å². The summed E-state index contributed by atoms with van der Waals surface area (Å²) in [6.07, 6.45) is 3.35. The van der Waals surface area contributed by atoms with Gasteiger partial charge in [0.2, 0.25) is 0 Å². The van der Waals surface area contributed by atoms with Gasteiger partial charge >= 0.3 is 0 Å². The summed E-state index contributed by atoms with van der Waals surface area (Å²) >= 11 is 0. The Balaban J connectivity index is 2.32. The molecule has 72 valence electrons. The minimum atomic E-state index is -0.959. The number of piperidine rings is 1. The number of hydrogen-bond donors (Lipinski definition) is 1. The summed E-state index contributed by atoms with van der Waals surface area (Å²) in [6.45, 7) is 9.25. The molecule has 12 heavy (non-hydrogen) atoms. The van der Waals surface area contributed by atoms with Crippen LogP contribution in [0, 0.1) is 0 Å². The van der Waals surface area contributed by atoms with Crippen LogP contribution in [0.15, 0.2) is 0 Å². The molecule has 0 amide bonds. The molecule has 1 N–H and O–H groups in total. The molecule has 0 aliphatic carbocycles. The van der Waals surface area contributed by atoms with Gasteiger partial charge in [-0.25, -0.2) is 0 Å². The van der Waals surface area contributed by atoms with Gasteiger partial charge in [-0.05, 0) is 25.6 Å². The van der Waals surface area contributed by atoms with Crippen molar-refractivity contribution in [1.82, 2.24) is 4.90 Å². The molecule has 0 bridgehead atoms. The van der Waals surface area contributed by atoms with E-state index < -0.39 is 8.07 Å². The Bertz CT molecular complexity index is 144. The molecule has 0 aromatic carbocycles. The zero-order chi connectivity index (χ0) is 9.19. The molecule has 0 radical (unpaired) electrons. The highest BCUT2D eigenvalue weighted by Gasteiger charge is 2.23. The average Bonchev–Trinajstić information content (AvgIpc) is 1.82. The van der Waals surface area contributed by atoms with Crippen LogP contribution in [0.3, 0.4) is 0 Å². The molecule has 0 aromatic rings. The summed E-state index contributed by atoms with van der Waals surface area (Å²) in [5, 5.41) is 9.45. The number of aliphatic hydroxyl groups excluding tert-OH is 1. The second-order valence-corrected chi connectivity index (χ2v) is 10.5. The van der Waals surface area contributed by atoms with Crippen LogP contribution in [-0.2, 0) is 0 Å². The first-order valence-electron chi connectivity index (χ1n) is 4.88. The first-order valence-corrected chi connectivity index (χ1v) is 8.58. The minimum Gasteiger partial charge on any atom is -0.392 e. The van der Waals surface area contributed by atoms with Gasteiger partial charge < -0.3 is 10.0 Å². The van der Waals surface area contributed by atoms with E-state index in [4.69, 9.17) is 0 Å². The lowest BCUT2D eigenvalue weighted by Crippen LogP contribution is -2.46. The van der Waals surface area contributed by atoms with Crippen molar-refractivity contribution in [2.45, 2.75) is 38.6 Å². The minimum absolute atomic E-state index is 0.0601. The van der Waals surface area contributed by atoms with Crippen LogP contribution >= 0.6 is 0 Å². The highest BCUT2D eigenvalue weighted by atomic mass is 28.3. The maximum Gasteiger partial charge on any atom is 0.0667 e. The van der Waals surface area contributed by atoms with Gasteiger partial charge in [0.05, 0.1) is 14.2 Å². The third kappa shape index (κ3) is 3.69. The summed E-state index contributed by atoms with van der Waals surface area (Å²) in [7, 11) is -0.959. The van der Waals surface area contributed by atoms with E-state index >= 15 is 0 Å². The fraction of sp³-hybridized carbons (Fsp3) is 1.00. The summed E-state index contributed by atoms with van der Waals surface area (Å²) in [5.74, 6) is 0. The Hall–Kier alpha value is 0.137. The van der Waals surface area contributed by atoms with Crippen LogP contribution in [0.4, 0.5) is 0 Å². The smallest absolute Gasteiger partial charge is 0.0667 e. The molecule has 0 aromatic heterocycles. The fourth-order valence-electron chi connectivity index (χ4n) is 1.85. The highest BCUT2D eigenvalue weighted by Crippen LogP contribution is 2.12. The van der Waals surface area contributed by atoms with E-state index in [1.807, 2.05) is 0 Å². The predicted octanol–water partition coefficient (Wildman–Crippen LogP) is 1.32. The molecule has 1 aliphatic rings. The number of rotatable bonds is 2. The van der Waals surface area contributed by atoms with Crippen LogP contribution in [0.5, 0.6) is 0 Å². The molecule has 1 rings (SSSR count). The Morgan fingerprint density at radius 3 is 2.58 bits per heavy atom. The van der Waals surface area contributed by atoms with Crippen LogP contribution in [0.1, 0.15) is 12.8 Å². The van der Waals surface area contributed by atoms with Crippen molar-refractivity contribution in [2.24, 2.45) is 0 Å². The van der Waals surface area contributed by atoms with E-state index in [0.29, 0.717) is 0 Å².